The molecule has 1 rings (SSSR count). The van der Waals surface area contributed by atoms with Crippen LogP contribution in [0.15, 0.2) is 10.7 Å². The summed E-state index contributed by atoms with van der Waals surface area (Å²) < 4.78 is 4.58. The summed E-state index contributed by atoms with van der Waals surface area (Å²) in [6, 6.07) is 0. The predicted octanol–water partition coefficient (Wildman–Crippen LogP) is -2.09. The van der Waals surface area contributed by atoms with E-state index in [1.165, 1.54) is 11.0 Å². The Balaban J connectivity index is 2.70. The maximum Gasteiger partial charge on any atom is 0.304 e. The fourth-order valence-electron chi connectivity index (χ4n) is 0.582. The molecule has 1 heterocycles. The summed E-state index contributed by atoms with van der Waals surface area (Å²) >= 11 is 0. The first kappa shape index (κ1) is 8.31. The molecule has 1 aromatic heterocycles. The van der Waals surface area contributed by atoms with Gasteiger partial charge < -0.3 is 15.2 Å². The fraction of sp³-hybridized carbons (Fsp3) is 0.400. The van der Waals surface area contributed by atoms with E-state index in [0.717, 1.165) is 0 Å². The number of nitrogens with one attached hydrogen (secondary N) is 1. The van der Waals surface area contributed by atoms with Gasteiger partial charge in [-0.15, -0.1) is 0 Å². The molecule has 0 aliphatic rings. The molecule has 0 radical (unpaired) electrons. The summed E-state index contributed by atoms with van der Waals surface area (Å²) in [7, 11) is 3.45. The van der Waals surface area contributed by atoms with Crippen LogP contribution in [0.2, 0.25) is 0 Å². The minimum Gasteiger partial charge on any atom is -0.530 e. The van der Waals surface area contributed by atoms with Crippen LogP contribution in [0.25, 0.3) is 0 Å². The van der Waals surface area contributed by atoms with Crippen molar-refractivity contribution in [2.45, 2.75) is 0 Å². The van der Waals surface area contributed by atoms with Crippen molar-refractivity contribution in [1.29, 1.82) is 0 Å². The van der Waals surface area contributed by atoms with E-state index in [4.69, 9.17) is 0 Å². The van der Waals surface area contributed by atoms with Gasteiger partial charge >= 0.3 is 5.88 Å². The Hall–Kier alpha value is -1.79. The van der Waals surface area contributed by atoms with Gasteiger partial charge in [-0.2, -0.15) is 5.01 Å². The molecule has 66 valence electrons. The van der Waals surface area contributed by atoms with Gasteiger partial charge in [0.25, 0.3) is 6.20 Å². The summed E-state index contributed by atoms with van der Waals surface area (Å²) in [5, 5.41) is 17.0. The molecule has 0 fully saturated rings. The number of hydrogen-bond acceptors (Lipinski definition) is 5. The number of carbonyl (C=O) groups excluding carboxylic acids is 1. The molecule has 0 spiro atoms. The van der Waals surface area contributed by atoms with Gasteiger partial charge in [0.05, 0.1) is 18.9 Å². The zero-order chi connectivity index (χ0) is 9.14. The molecule has 0 atom stereocenters. The first-order valence-electron chi connectivity index (χ1n) is 3.14. The Kier molecular flexibility index (Phi) is 2.13. The van der Waals surface area contributed by atoms with Crippen LogP contribution in [0.1, 0.15) is 0 Å². The highest BCUT2D eigenvalue weighted by atomic mass is 16.5. The van der Waals surface area contributed by atoms with Gasteiger partial charge in [-0.25, -0.2) is 0 Å². The van der Waals surface area contributed by atoms with E-state index in [0.29, 0.717) is 0 Å². The maximum atomic E-state index is 10.0. The first-order chi connectivity index (χ1) is 5.59. The van der Waals surface area contributed by atoms with Gasteiger partial charge in [0.15, 0.2) is 0 Å². The van der Waals surface area contributed by atoms with Crippen LogP contribution in [0, 0.1) is 0 Å². The third-order valence-electron chi connectivity index (χ3n) is 1.09. The molecule has 0 aromatic carbocycles. The minimum absolute atomic E-state index is 0.0173. The van der Waals surface area contributed by atoms with Crippen molar-refractivity contribution >= 4 is 12.0 Å². The molecule has 0 saturated heterocycles. The molecule has 0 saturated carbocycles. The van der Waals surface area contributed by atoms with Crippen molar-refractivity contribution in [1.82, 2.24) is 5.27 Å². The van der Waals surface area contributed by atoms with E-state index in [9.17, 15) is 9.90 Å². The molecular weight excluding hydrogens is 164 g/mol. The van der Waals surface area contributed by atoms with Crippen LogP contribution in [0.5, 0.6) is 0 Å². The second-order valence-corrected chi connectivity index (χ2v) is 2.25. The highest BCUT2D eigenvalue weighted by molar-refractivity contribution is 5.78. The van der Waals surface area contributed by atoms with Crippen molar-refractivity contribution in [2.75, 3.05) is 24.4 Å². The molecule has 7 nitrogen and oxygen atoms in total. The number of aromatic nitrogens is 2. The summed E-state index contributed by atoms with van der Waals surface area (Å²) in [6.45, 7) is 0. The number of hydrogen-bond donors (Lipinski definition) is 1. The molecule has 1 N–H and O–H groups in total. The molecule has 1 aromatic rings. The van der Waals surface area contributed by atoms with Crippen LogP contribution in [-0.4, -0.2) is 25.5 Å². The van der Waals surface area contributed by atoms with Crippen molar-refractivity contribution in [3.8, 4) is 0 Å². The summed E-state index contributed by atoms with van der Waals surface area (Å²) in [5.41, 5.74) is 0. The molecule has 0 aliphatic heterocycles. The first-order valence-corrected chi connectivity index (χ1v) is 3.14. The van der Waals surface area contributed by atoms with Crippen molar-refractivity contribution in [3.63, 3.8) is 0 Å². The lowest BCUT2D eigenvalue weighted by molar-refractivity contribution is -0.753. The number of carbonyl (C=O) groups is 1. The zero-order valence-corrected chi connectivity index (χ0v) is 6.64. The average Bonchev–Trinajstić information content (AvgIpc) is 2.34. The molecule has 0 unspecified atom stereocenters. The second kappa shape index (κ2) is 3.07. The van der Waals surface area contributed by atoms with E-state index in [1.807, 2.05) is 5.32 Å². The summed E-state index contributed by atoms with van der Waals surface area (Å²) in [4.78, 5) is 11.3. The SMILES string of the molecule is CN(C)[n+]1cc(NC(=O)[O-])on1. The Morgan fingerprint density at radius 2 is 2.50 bits per heavy atom. The Morgan fingerprint density at radius 3 is 2.92 bits per heavy atom. The Morgan fingerprint density at radius 1 is 1.83 bits per heavy atom. The van der Waals surface area contributed by atoms with Crippen LogP contribution >= 0.6 is 0 Å². The largest absolute Gasteiger partial charge is 0.530 e. The second-order valence-electron chi connectivity index (χ2n) is 2.25. The van der Waals surface area contributed by atoms with E-state index >= 15 is 0 Å². The van der Waals surface area contributed by atoms with Crippen molar-refractivity contribution < 1.29 is 19.2 Å². The van der Waals surface area contributed by atoms with E-state index < -0.39 is 6.09 Å². The normalized spacial score (nSPS) is 9.50. The van der Waals surface area contributed by atoms with E-state index in [2.05, 4.69) is 9.79 Å². The highest BCUT2D eigenvalue weighted by Gasteiger charge is 2.12. The third kappa shape index (κ3) is 1.84. The molecule has 0 bridgehead atoms. The van der Waals surface area contributed by atoms with Gasteiger partial charge in [-0.05, 0) is 0 Å². The fourth-order valence-corrected chi connectivity index (χ4v) is 0.582. The van der Waals surface area contributed by atoms with E-state index in [1.54, 1.807) is 19.1 Å². The topological polar surface area (TPSA) is 85.3 Å². The molecule has 0 aliphatic carbocycles. The van der Waals surface area contributed by atoms with Crippen LogP contribution in [-0.2, 0) is 0 Å². The van der Waals surface area contributed by atoms with Gasteiger partial charge in [0.1, 0.15) is 6.09 Å². The Labute approximate surface area is 68.1 Å². The number of rotatable bonds is 2. The monoisotopic (exact) mass is 172 g/mol. The van der Waals surface area contributed by atoms with E-state index in [-0.39, 0.29) is 5.88 Å². The van der Waals surface area contributed by atoms with Crippen LogP contribution in [0.3, 0.4) is 0 Å². The Bertz CT molecular complexity index is 282. The van der Waals surface area contributed by atoms with Crippen molar-refractivity contribution in [3.05, 3.63) is 6.20 Å². The zero-order valence-electron chi connectivity index (χ0n) is 6.64. The molecule has 12 heavy (non-hydrogen) atoms. The lowest BCUT2D eigenvalue weighted by Gasteiger charge is -1.96. The summed E-state index contributed by atoms with van der Waals surface area (Å²) in [6.07, 6.45) is -0.0624. The lowest BCUT2D eigenvalue weighted by atomic mass is 10.8. The molecule has 7 heteroatoms. The highest BCUT2D eigenvalue weighted by Crippen LogP contribution is 1.97. The quantitative estimate of drug-likeness (QED) is 0.517. The van der Waals surface area contributed by atoms with Crippen LogP contribution < -0.4 is 20.2 Å². The molecule has 1 amide bonds. The van der Waals surface area contributed by atoms with Gasteiger partial charge in [-0.3, -0.25) is 4.52 Å². The number of carboxylic acid groups (broad SMARTS) is 1. The summed E-state index contributed by atoms with van der Waals surface area (Å²) in [5.74, 6) is 0.0173. The smallest absolute Gasteiger partial charge is 0.304 e. The van der Waals surface area contributed by atoms with Crippen molar-refractivity contribution in [2.24, 2.45) is 0 Å². The predicted molar refractivity (Wildman–Crippen MR) is 35.8 cm³/mol. The third-order valence-corrected chi connectivity index (χ3v) is 1.09. The average molecular weight is 172 g/mol. The van der Waals surface area contributed by atoms with Gasteiger partial charge in [0.2, 0.25) is 5.27 Å². The number of amides is 1. The lowest BCUT2D eigenvalue weighted by Crippen LogP contribution is -2.53. The maximum absolute atomic E-state index is 10.0. The van der Waals surface area contributed by atoms with Gasteiger partial charge in [-0.1, -0.05) is 0 Å². The number of nitrogens with zero attached hydrogens (tertiary/aromatic N) is 3. The minimum atomic E-state index is -1.43. The molecular formula is C5H8N4O3. The van der Waals surface area contributed by atoms with Crippen LogP contribution in [0.4, 0.5) is 10.7 Å². The number of anilines is 1. The van der Waals surface area contributed by atoms with Gasteiger partial charge in [0, 0.05) is 0 Å². The standard InChI is InChI=1S/C5H8N4O3/c1-8(2)9-3-4(12-7-9)6-5(10)11/h3H,1-2H3,(H-,6,7,10,11).